The highest BCUT2D eigenvalue weighted by Gasteiger charge is 2.29. The number of piperidine rings is 2. The molecule has 1 aromatic heterocycles. The second-order valence-corrected chi connectivity index (χ2v) is 11.5. The molecule has 1 aliphatic carbocycles. The van der Waals surface area contributed by atoms with Gasteiger partial charge in [0.05, 0.1) is 5.69 Å². The van der Waals surface area contributed by atoms with Gasteiger partial charge in [0, 0.05) is 50.8 Å². The van der Waals surface area contributed by atoms with Gasteiger partial charge in [-0.1, -0.05) is 33.1 Å². The number of hydrogen-bond acceptors (Lipinski definition) is 3. The zero-order valence-electron chi connectivity index (χ0n) is 18.6. The van der Waals surface area contributed by atoms with Gasteiger partial charge in [-0.3, -0.25) is 9.78 Å². The number of fused-ring (bicyclic) bond motifs is 2. The van der Waals surface area contributed by atoms with E-state index in [0.29, 0.717) is 18.2 Å². The largest absolute Gasteiger partial charge is 0.342 e. The summed E-state index contributed by atoms with van der Waals surface area (Å²) in [5.41, 5.74) is 7.44. The molecule has 7 heteroatoms. The number of halogens is 3. The summed E-state index contributed by atoms with van der Waals surface area (Å²) < 4.78 is 2.03. The van der Waals surface area contributed by atoms with Crippen molar-refractivity contribution in [2.24, 2.45) is 5.92 Å². The van der Waals surface area contributed by atoms with Crippen LogP contribution < -0.4 is 5.32 Å². The van der Waals surface area contributed by atoms with Crippen molar-refractivity contribution in [1.82, 2.24) is 15.2 Å². The van der Waals surface area contributed by atoms with Crippen LogP contribution in [0.5, 0.6) is 0 Å². The summed E-state index contributed by atoms with van der Waals surface area (Å²) in [6.07, 6.45) is 8.44. The second-order valence-electron chi connectivity index (χ2n) is 9.34. The molecule has 2 fully saturated rings. The van der Waals surface area contributed by atoms with Gasteiger partial charge in [0.25, 0.3) is 0 Å². The first-order valence-corrected chi connectivity index (χ1v) is 13.8. The molecular formula is C26H28Br2ClN3O. The van der Waals surface area contributed by atoms with Crippen LogP contribution in [0.2, 0.25) is 5.02 Å². The van der Waals surface area contributed by atoms with Crippen LogP contribution in [0, 0.1) is 5.92 Å². The van der Waals surface area contributed by atoms with Crippen LogP contribution in [0.15, 0.2) is 38.9 Å². The zero-order chi connectivity index (χ0) is 22.9. The van der Waals surface area contributed by atoms with E-state index in [1.54, 1.807) is 0 Å². The number of benzene rings is 1. The maximum Gasteiger partial charge on any atom is 0.222 e. The molecule has 1 N–H and O–H groups in total. The van der Waals surface area contributed by atoms with Crippen molar-refractivity contribution >= 4 is 54.9 Å². The summed E-state index contributed by atoms with van der Waals surface area (Å²) >= 11 is 13.8. The van der Waals surface area contributed by atoms with E-state index in [4.69, 9.17) is 16.6 Å². The first-order valence-electron chi connectivity index (χ1n) is 11.8. The molecule has 0 saturated carbocycles. The van der Waals surface area contributed by atoms with E-state index in [1.807, 2.05) is 12.3 Å². The van der Waals surface area contributed by atoms with E-state index in [1.165, 1.54) is 27.8 Å². The second kappa shape index (κ2) is 10.2. The summed E-state index contributed by atoms with van der Waals surface area (Å²) in [5.74, 6) is 0.852. The van der Waals surface area contributed by atoms with Crippen LogP contribution in [-0.4, -0.2) is 42.0 Å². The molecular weight excluding hydrogens is 566 g/mol. The fourth-order valence-electron chi connectivity index (χ4n) is 5.47. The minimum absolute atomic E-state index is 0.322. The van der Waals surface area contributed by atoms with Crippen molar-refractivity contribution in [3.05, 3.63) is 66.3 Å². The van der Waals surface area contributed by atoms with E-state index in [-0.39, 0.29) is 0 Å². The lowest BCUT2D eigenvalue weighted by molar-refractivity contribution is -0.132. The van der Waals surface area contributed by atoms with Crippen LogP contribution in [0.25, 0.3) is 5.57 Å². The first kappa shape index (κ1) is 23.5. The average Bonchev–Trinajstić information content (AvgIpc) is 2.96. The Morgan fingerprint density at radius 3 is 2.55 bits per heavy atom. The van der Waals surface area contributed by atoms with Gasteiger partial charge < -0.3 is 10.2 Å². The number of pyridine rings is 1. The van der Waals surface area contributed by atoms with E-state index in [0.717, 1.165) is 84.4 Å². The van der Waals surface area contributed by atoms with Crippen molar-refractivity contribution in [1.29, 1.82) is 0 Å². The monoisotopic (exact) mass is 591 g/mol. The van der Waals surface area contributed by atoms with Crippen molar-refractivity contribution < 1.29 is 4.79 Å². The standard InChI is InChI=1S/C26H28Br2ClN3O/c27-20-12-19-2-1-18-13-21(29)14-22(28)24(18)25(26(19)31-15-20)17-5-9-32(10-6-17)23(33)11-16-3-7-30-8-4-16/h12-16,30H,1-11H2. The Morgan fingerprint density at radius 2 is 1.79 bits per heavy atom. The van der Waals surface area contributed by atoms with E-state index >= 15 is 0 Å². The molecule has 0 bridgehead atoms. The van der Waals surface area contributed by atoms with Gasteiger partial charge in [0.1, 0.15) is 0 Å². The lowest BCUT2D eigenvalue weighted by atomic mass is 9.88. The molecule has 0 radical (unpaired) electrons. The smallest absolute Gasteiger partial charge is 0.222 e. The van der Waals surface area contributed by atoms with Gasteiger partial charge in [-0.05, 0) is 103 Å². The topological polar surface area (TPSA) is 45.2 Å². The number of hydrogen-bond donors (Lipinski definition) is 1. The Kier molecular flexibility index (Phi) is 7.26. The zero-order valence-corrected chi connectivity index (χ0v) is 22.5. The number of likely N-dealkylation sites (tertiary alicyclic amines) is 1. The highest BCUT2D eigenvalue weighted by Crippen LogP contribution is 2.42. The Bertz CT molecular complexity index is 1100. The number of nitrogens with one attached hydrogen (secondary N) is 1. The van der Waals surface area contributed by atoms with Crippen LogP contribution in [0.1, 0.15) is 54.5 Å². The first-order chi connectivity index (χ1) is 16.0. The third-order valence-electron chi connectivity index (χ3n) is 7.22. The van der Waals surface area contributed by atoms with Crippen molar-refractivity contribution in [2.45, 2.75) is 44.9 Å². The Labute approximate surface area is 217 Å². The Balaban J connectivity index is 1.46. The minimum atomic E-state index is 0.322. The maximum atomic E-state index is 13.0. The molecule has 33 heavy (non-hydrogen) atoms. The highest BCUT2D eigenvalue weighted by molar-refractivity contribution is 9.10. The molecule has 174 valence electrons. The van der Waals surface area contributed by atoms with Crippen LogP contribution in [0.4, 0.5) is 0 Å². The summed E-state index contributed by atoms with van der Waals surface area (Å²) in [6.45, 7) is 3.65. The molecule has 2 aliphatic heterocycles. The molecule has 5 rings (SSSR count). The predicted molar refractivity (Wildman–Crippen MR) is 141 cm³/mol. The van der Waals surface area contributed by atoms with Crippen LogP contribution in [0.3, 0.4) is 0 Å². The SMILES string of the molecule is O=C(CC1CCNCC1)N1CCC(=C2c3ncc(Br)cc3CCc3cc(Cl)cc(Br)c32)CC1. The third kappa shape index (κ3) is 5.09. The maximum absolute atomic E-state index is 13.0. The van der Waals surface area contributed by atoms with Crippen LogP contribution >= 0.6 is 43.5 Å². The summed E-state index contributed by atoms with van der Waals surface area (Å²) in [6, 6.07) is 6.28. The number of aromatic nitrogens is 1. The number of carbonyl (C=O) groups is 1. The number of amides is 1. The summed E-state index contributed by atoms with van der Waals surface area (Å²) in [7, 11) is 0. The molecule has 3 heterocycles. The number of rotatable bonds is 2. The number of aryl methyl sites for hydroxylation is 2. The summed E-state index contributed by atoms with van der Waals surface area (Å²) in [4.78, 5) is 19.9. The van der Waals surface area contributed by atoms with Gasteiger partial charge in [-0.2, -0.15) is 0 Å². The van der Waals surface area contributed by atoms with E-state index in [2.05, 4.69) is 54.2 Å². The quantitative estimate of drug-likeness (QED) is 0.453. The molecule has 4 nitrogen and oxygen atoms in total. The Hall–Kier alpha value is -1.21. The summed E-state index contributed by atoms with van der Waals surface area (Å²) in [5, 5.41) is 4.14. The van der Waals surface area contributed by atoms with Gasteiger partial charge in [0.15, 0.2) is 0 Å². The number of nitrogens with zero attached hydrogens (tertiary/aromatic N) is 2. The normalized spacial score (nSPS) is 19.2. The molecule has 3 aliphatic rings. The number of carbonyl (C=O) groups excluding carboxylic acids is 1. The molecule has 2 saturated heterocycles. The fourth-order valence-corrected chi connectivity index (χ4v) is 6.92. The molecule has 1 aromatic carbocycles. The Morgan fingerprint density at radius 1 is 1.06 bits per heavy atom. The van der Waals surface area contributed by atoms with Crippen molar-refractivity contribution in [3.63, 3.8) is 0 Å². The minimum Gasteiger partial charge on any atom is -0.342 e. The van der Waals surface area contributed by atoms with Gasteiger partial charge in [-0.15, -0.1) is 0 Å². The third-order valence-corrected chi connectivity index (χ3v) is 8.49. The highest BCUT2D eigenvalue weighted by atomic mass is 79.9. The van der Waals surface area contributed by atoms with Gasteiger partial charge in [0.2, 0.25) is 5.91 Å². The van der Waals surface area contributed by atoms with Crippen molar-refractivity contribution in [2.75, 3.05) is 26.2 Å². The molecule has 1 amide bonds. The molecule has 2 aromatic rings. The van der Waals surface area contributed by atoms with Gasteiger partial charge in [-0.25, -0.2) is 0 Å². The molecule has 0 atom stereocenters. The predicted octanol–water partition coefficient (Wildman–Crippen LogP) is 6.17. The van der Waals surface area contributed by atoms with Crippen LogP contribution in [-0.2, 0) is 17.6 Å². The van der Waals surface area contributed by atoms with E-state index in [9.17, 15) is 4.79 Å². The average molecular weight is 594 g/mol. The van der Waals surface area contributed by atoms with Crippen molar-refractivity contribution in [3.8, 4) is 0 Å². The fraction of sp³-hybridized carbons (Fsp3) is 0.462. The van der Waals surface area contributed by atoms with E-state index < -0.39 is 0 Å². The lowest BCUT2D eigenvalue weighted by Crippen LogP contribution is -2.39. The lowest BCUT2D eigenvalue weighted by Gasteiger charge is -2.32. The van der Waals surface area contributed by atoms with Gasteiger partial charge >= 0.3 is 0 Å². The molecule has 0 spiro atoms. The molecule has 0 unspecified atom stereocenters.